The molecule has 4 rings (SSSR count). The van der Waals surface area contributed by atoms with E-state index in [9.17, 15) is 8.42 Å². The number of nitrogens with zero attached hydrogens (tertiary/aromatic N) is 4. The number of hydrogen-bond acceptors (Lipinski definition) is 5. The van der Waals surface area contributed by atoms with E-state index in [1.807, 2.05) is 16.3 Å². The van der Waals surface area contributed by atoms with Crippen LogP contribution < -0.4 is 0 Å². The monoisotopic (exact) mass is 392 g/mol. The highest BCUT2D eigenvalue weighted by Crippen LogP contribution is 2.35. The van der Waals surface area contributed by atoms with Crippen LogP contribution in [0.25, 0.3) is 0 Å². The number of rotatable bonds is 4. The number of sulfone groups is 1. The Balaban J connectivity index is 1.56. The minimum Gasteiger partial charge on any atom is -0.307 e. The Labute approximate surface area is 159 Å². The molecular weight excluding hydrogens is 368 g/mol. The molecule has 0 N–H and O–H groups in total. The molecule has 2 atom stereocenters. The van der Waals surface area contributed by atoms with Crippen LogP contribution in [0.1, 0.15) is 41.8 Å². The molecule has 0 spiro atoms. The summed E-state index contributed by atoms with van der Waals surface area (Å²) in [6.07, 6.45) is 2.83. The Morgan fingerprint density at radius 2 is 2.08 bits per heavy atom. The van der Waals surface area contributed by atoms with Gasteiger partial charge in [0, 0.05) is 19.0 Å². The Bertz CT molecular complexity index is 993. The van der Waals surface area contributed by atoms with Crippen molar-refractivity contribution in [3.05, 3.63) is 46.0 Å². The van der Waals surface area contributed by atoms with Gasteiger partial charge in [-0.3, -0.25) is 4.90 Å². The van der Waals surface area contributed by atoms with Crippen molar-refractivity contribution in [3.63, 3.8) is 0 Å². The molecule has 2 aromatic rings. The summed E-state index contributed by atoms with van der Waals surface area (Å²) in [6.45, 7) is 0.602. The lowest BCUT2D eigenvalue weighted by Crippen LogP contribution is -2.26. The number of aryl methyl sites for hydroxylation is 1. The first-order valence-corrected chi connectivity index (χ1v) is 11.2. The largest absolute Gasteiger partial charge is 0.307 e. The molecule has 1 aliphatic heterocycles. The second-order valence-electron chi connectivity index (χ2n) is 7.45. The molecule has 2 aliphatic rings. The average molecular weight is 393 g/mol. The smallest absolute Gasteiger partial charge is 0.198 e. The van der Waals surface area contributed by atoms with Gasteiger partial charge in [0.25, 0.3) is 0 Å². The highest BCUT2D eigenvalue weighted by atomic mass is 32.2. The minimum atomic E-state index is -2.94. The van der Waals surface area contributed by atoms with E-state index < -0.39 is 9.84 Å². The lowest BCUT2D eigenvalue weighted by atomic mass is 10.1. The van der Waals surface area contributed by atoms with Gasteiger partial charge in [0.2, 0.25) is 0 Å². The molecular formula is C18H24N4O2S2. The summed E-state index contributed by atoms with van der Waals surface area (Å²) in [5.74, 6) is 1.16. The second kappa shape index (κ2) is 6.58. The molecule has 140 valence electrons. The molecule has 1 aromatic carbocycles. The lowest BCUT2D eigenvalue weighted by Gasteiger charge is -2.24. The average Bonchev–Trinajstić information content (AvgIpc) is 3.26. The second-order valence-corrected chi connectivity index (χ2v) is 10.0. The van der Waals surface area contributed by atoms with Crippen LogP contribution in [0.15, 0.2) is 24.3 Å². The molecule has 0 saturated carbocycles. The van der Waals surface area contributed by atoms with E-state index in [1.54, 1.807) is 0 Å². The van der Waals surface area contributed by atoms with E-state index in [-0.39, 0.29) is 17.4 Å². The Morgan fingerprint density at radius 1 is 1.31 bits per heavy atom. The number of benzene rings is 1. The minimum absolute atomic E-state index is 0.0505. The van der Waals surface area contributed by atoms with Crippen LogP contribution in [0.4, 0.5) is 0 Å². The van der Waals surface area contributed by atoms with Gasteiger partial charge in [-0.05, 0) is 49.7 Å². The fraction of sp³-hybridized carbons (Fsp3) is 0.556. The summed E-state index contributed by atoms with van der Waals surface area (Å²) in [5.41, 5.74) is 2.81. The van der Waals surface area contributed by atoms with Gasteiger partial charge in [-0.2, -0.15) is 5.10 Å². The fourth-order valence-corrected chi connectivity index (χ4v) is 6.18. The molecule has 26 heavy (non-hydrogen) atoms. The first-order chi connectivity index (χ1) is 12.4. The molecule has 0 amide bonds. The summed E-state index contributed by atoms with van der Waals surface area (Å²) < 4.78 is 28.0. The van der Waals surface area contributed by atoms with Gasteiger partial charge >= 0.3 is 0 Å². The fourth-order valence-electron chi connectivity index (χ4n) is 4.25. The van der Waals surface area contributed by atoms with Crippen LogP contribution in [0, 0.1) is 4.77 Å². The normalized spacial score (nSPS) is 24.3. The number of hydrogen-bond donors (Lipinski definition) is 0. The SMILES string of the molecule is CN(Cn1nc(C2CCS(=O)(=O)C2)n(C)c1=S)C1CCc2ccccc21. The van der Waals surface area contributed by atoms with Gasteiger partial charge in [0.05, 0.1) is 18.2 Å². The molecule has 0 radical (unpaired) electrons. The summed E-state index contributed by atoms with van der Waals surface area (Å²) in [6, 6.07) is 8.96. The van der Waals surface area contributed by atoms with Gasteiger partial charge in [-0.25, -0.2) is 13.1 Å². The van der Waals surface area contributed by atoms with Crippen LogP contribution in [0.2, 0.25) is 0 Å². The predicted octanol–water partition coefficient (Wildman–Crippen LogP) is 2.43. The third-order valence-corrected chi connectivity index (χ3v) is 7.91. The summed E-state index contributed by atoms with van der Waals surface area (Å²) >= 11 is 5.56. The van der Waals surface area contributed by atoms with Crippen LogP contribution in [-0.4, -0.2) is 46.2 Å². The molecule has 0 bridgehead atoms. The zero-order chi connectivity index (χ0) is 18.5. The van der Waals surface area contributed by atoms with Gasteiger partial charge in [0.15, 0.2) is 14.6 Å². The topological polar surface area (TPSA) is 60.1 Å². The Hall–Kier alpha value is -1.51. The lowest BCUT2D eigenvalue weighted by molar-refractivity contribution is 0.181. The van der Waals surface area contributed by atoms with Crippen molar-refractivity contribution < 1.29 is 8.42 Å². The summed E-state index contributed by atoms with van der Waals surface area (Å²) in [5, 5.41) is 4.69. The van der Waals surface area contributed by atoms with Crippen molar-refractivity contribution in [1.82, 2.24) is 19.2 Å². The zero-order valence-corrected chi connectivity index (χ0v) is 16.8. The van der Waals surface area contributed by atoms with E-state index in [4.69, 9.17) is 17.3 Å². The molecule has 1 saturated heterocycles. The van der Waals surface area contributed by atoms with Gasteiger partial charge in [-0.15, -0.1) is 0 Å². The molecule has 8 heteroatoms. The molecule has 2 heterocycles. The quantitative estimate of drug-likeness (QED) is 0.748. The van der Waals surface area contributed by atoms with E-state index in [0.717, 1.165) is 18.7 Å². The van der Waals surface area contributed by atoms with Gasteiger partial charge < -0.3 is 4.57 Å². The van der Waals surface area contributed by atoms with E-state index in [2.05, 4.69) is 36.2 Å². The first kappa shape index (κ1) is 17.9. The van der Waals surface area contributed by atoms with Crippen molar-refractivity contribution in [2.75, 3.05) is 18.6 Å². The summed E-state index contributed by atoms with van der Waals surface area (Å²) in [7, 11) is 1.05. The van der Waals surface area contributed by atoms with E-state index in [0.29, 0.717) is 23.9 Å². The van der Waals surface area contributed by atoms with Crippen molar-refractivity contribution in [1.29, 1.82) is 0 Å². The first-order valence-electron chi connectivity index (χ1n) is 8.98. The third kappa shape index (κ3) is 3.14. The predicted molar refractivity (Wildman–Crippen MR) is 103 cm³/mol. The maximum absolute atomic E-state index is 11.8. The zero-order valence-electron chi connectivity index (χ0n) is 15.1. The maximum Gasteiger partial charge on any atom is 0.198 e. The Morgan fingerprint density at radius 3 is 2.81 bits per heavy atom. The van der Waals surface area contributed by atoms with Crippen molar-refractivity contribution in [2.24, 2.45) is 7.05 Å². The molecule has 1 fully saturated rings. The van der Waals surface area contributed by atoms with Crippen LogP contribution in [0.3, 0.4) is 0 Å². The Kier molecular flexibility index (Phi) is 4.53. The van der Waals surface area contributed by atoms with Crippen LogP contribution in [-0.2, 0) is 30.0 Å². The molecule has 1 aromatic heterocycles. The van der Waals surface area contributed by atoms with E-state index >= 15 is 0 Å². The third-order valence-electron chi connectivity index (χ3n) is 5.66. The van der Waals surface area contributed by atoms with Crippen LogP contribution in [0.5, 0.6) is 0 Å². The summed E-state index contributed by atoms with van der Waals surface area (Å²) in [4.78, 5) is 2.28. The highest BCUT2D eigenvalue weighted by molar-refractivity contribution is 7.91. The standard InChI is InChI=1S/C18H24N4O2S2/c1-20(16-8-7-13-5-3-4-6-15(13)16)12-22-18(25)21(2)17(19-22)14-9-10-26(23,24)11-14/h3-6,14,16H,7-12H2,1-2H3. The number of aromatic nitrogens is 3. The van der Waals surface area contributed by atoms with E-state index in [1.165, 1.54) is 11.1 Å². The molecule has 2 unspecified atom stereocenters. The van der Waals surface area contributed by atoms with Gasteiger partial charge in [-0.1, -0.05) is 24.3 Å². The van der Waals surface area contributed by atoms with Crippen LogP contribution >= 0.6 is 12.2 Å². The van der Waals surface area contributed by atoms with Crippen molar-refractivity contribution in [2.45, 2.75) is 37.9 Å². The highest BCUT2D eigenvalue weighted by Gasteiger charge is 2.33. The number of fused-ring (bicyclic) bond motifs is 1. The maximum atomic E-state index is 11.8. The van der Waals surface area contributed by atoms with Crippen molar-refractivity contribution >= 4 is 22.1 Å². The van der Waals surface area contributed by atoms with Gasteiger partial charge in [0.1, 0.15) is 5.82 Å². The molecule has 6 nitrogen and oxygen atoms in total. The molecule has 1 aliphatic carbocycles. The van der Waals surface area contributed by atoms with Crippen molar-refractivity contribution in [3.8, 4) is 0 Å².